The van der Waals surface area contributed by atoms with Crippen molar-refractivity contribution in [3.8, 4) is 11.8 Å². The number of nitriles is 1. The van der Waals surface area contributed by atoms with Crippen molar-refractivity contribution >= 4 is 28.9 Å². The summed E-state index contributed by atoms with van der Waals surface area (Å²) in [5.41, 5.74) is 2.67. The summed E-state index contributed by atoms with van der Waals surface area (Å²) in [6, 6.07) is 14.1. The van der Waals surface area contributed by atoms with Gasteiger partial charge in [0.1, 0.15) is 17.4 Å². The molecule has 0 saturated carbocycles. The minimum Gasteiger partial charge on any atom is -0.495 e. The average Bonchev–Trinajstić information content (AvgIpc) is 2.63. The first kappa shape index (κ1) is 19.5. The SMILES string of the molecule is COc1ccc(C)cc1NC(=O)/C(C#N)=C\Nc1ccc(NC(C)=O)cc1. The Bertz CT molecular complexity index is 912. The van der Waals surface area contributed by atoms with Crippen molar-refractivity contribution in [1.82, 2.24) is 0 Å². The van der Waals surface area contributed by atoms with Crippen LogP contribution < -0.4 is 20.7 Å². The summed E-state index contributed by atoms with van der Waals surface area (Å²) in [4.78, 5) is 23.4. The minimum absolute atomic E-state index is 0.0931. The molecule has 138 valence electrons. The number of aryl methyl sites for hydroxylation is 1. The van der Waals surface area contributed by atoms with Crippen LogP contribution in [-0.2, 0) is 9.59 Å². The van der Waals surface area contributed by atoms with Crippen molar-refractivity contribution < 1.29 is 14.3 Å². The summed E-state index contributed by atoms with van der Waals surface area (Å²) in [7, 11) is 1.51. The molecule has 0 atom stereocenters. The van der Waals surface area contributed by atoms with E-state index in [0.717, 1.165) is 5.56 Å². The van der Waals surface area contributed by atoms with Crippen LogP contribution in [0.5, 0.6) is 5.75 Å². The lowest BCUT2D eigenvalue weighted by Crippen LogP contribution is -2.15. The average molecular weight is 364 g/mol. The number of methoxy groups -OCH3 is 1. The van der Waals surface area contributed by atoms with Crippen LogP contribution in [-0.4, -0.2) is 18.9 Å². The van der Waals surface area contributed by atoms with Gasteiger partial charge < -0.3 is 20.7 Å². The molecule has 0 aliphatic carbocycles. The summed E-state index contributed by atoms with van der Waals surface area (Å²) in [5.74, 6) is -0.206. The van der Waals surface area contributed by atoms with E-state index < -0.39 is 5.91 Å². The summed E-state index contributed by atoms with van der Waals surface area (Å²) in [5, 5.41) is 17.5. The van der Waals surface area contributed by atoms with Gasteiger partial charge in [-0.05, 0) is 48.9 Å². The maximum atomic E-state index is 12.4. The van der Waals surface area contributed by atoms with Crippen LogP contribution in [0.15, 0.2) is 54.2 Å². The maximum Gasteiger partial charge on any atom is 0.267 e. The first-order valence-corrected chi connectivity index (χ1v) is 8.13. The molecule has 0 radical (unpaired) electrons. The molecular formula is C20H20N4O3. The highest BCUT2D eigenvalue weighted by molar-refractivity contribution is 6.07. The van der Waals surface area contributed by atoms with E-state index in [-0.39, 0.29) is 11.5 Å². The molecule has 0 unspecified atom stereocenters. The van der Waals surface area contributed by atoms with Gasteiger partial charge in [-0.1, -0.05) is 6.07 Å². The van der Waals surface area contributed by atoms with Gasteiger partial charge in [0.15, 0.2) is 0 Å². The van der Waals surface area contributed by atoms with E-state index >= 15 is 0 Å². The van der Waals surface area contributed by atoms with Gasteiger partial charge in [0.05, 0.1) is 12.8 Å². The number of carbonyl (C=O) groups excluding carboxylic acids is 2. The number of nitrogens with zero attached hydrogens (tertiary/aromatic N) is 1. The van der Waals surface area contributed by atoms with Crippen LogP contribution in [0.2, 0.25) is 0 Å². The molecule has 2 amide bonds. The van der Waals surface area contributed by atoms with Gasteiger partial charge in [-0.3, -0.25) is 9.59 Å². The molecule has 0 saturated heterocycles. The highest BCUT2D eigenvalue weighted by atomic mass is 16.5. The van der Waals surface area contributed by atoms with Crippen molar-refractivity contribution in [1.29, 1.82) is 5.26 Å². The van der Waals surface area contributed by atoms with Crippen LogP contribution in [0.1, 0.15) is 12.5 Å². The zero-order valence-corrected chi connectivity index (χ0v) is 15.3. The Morgan fingerprint density at radius 2 is 1.74 bits per heavy atom. The van der Waals surface area contributed by atoms with Crippen molar-refractivity contribution in [2.75, 3.05) is 23.1 Å². The van der Waals surface area contributed by atoms with Gasteiger partial charge in [-0.15, -0.1) is 0 Å². The molecule has 0 bridgehead atoms. The number of carbonyl (C=O) groups is 2. The van der Waals surface area contributed by atoms with Crippen LogP contribution in [0.3, 0.4) is 0 Å². The molecule has 2 aromatic carbocycles. The predicted octanol–water partition coefficient (Wildman–Crippen LogP) is 3.42. The third kappa shape index (κ3) is 5.61. The first-order valence-electron chi connectivity index (χ1n) is 8.13. The van der Waals surface area contributed by atoms with Crippen molar-refractivity contribution in [3.05, 3.63) is 59.8 Å². The molecule has 0 fully saturated rings. The lowest BCUT2D eigenvalue weighted by atomic mass is 10.2. The summed E-state index contributed by atoms with van der Waals surface area (Å²) in [6.07, 6.45) is 1.32. The van der Waals surface area contributed by atoms with Crippen LogP contribution >= 0.6 is 0 Å². The second kappa shape index (κ2) is 9.06. The number of hydrogen-bond acceptors (Lipinski definition) is 5. The molecule has 2 aromatic rings. The predicted molar refractivity (Wildman–Crippen MR) is 104 cm³/mol. The van der Waals surface area contributed by atoms with E-state index in [1.54, 1.807) is 36.4 Å². The van der Waals surface area contributed by atoms with E-state index in [2.05, 4.69) is 16.0 Å². The highest BCUT2D eigenvalue weighted by Gasteiger charge is 2.12. The standard InChI is InChI=1S/C20H20N4O3/c1-13-4-9-19(27-3)18(10-13)24-20(26)15(11-21)12-22-16-5-7-17(8-6-16)23-14(2)25/h4-10,12,22H,1-3H3,(H,23,25)(H,24,26)/b15-12-. The molecule has 27 heavy (non-hydrogen) atoms. The van der Waals surface area contributed by atoms with Gasteiger partial charge in [0.25, 0.3) is 5.91 Å². The lowest BCUT2D eigenvalue weighted by Gasteiger charge is -2.11. The van der Waals surface area contributed by atoms with Gasteiger partial charge in [0, 0.05) is 24.5 Å². The van der Waals surface area contributed by atoms with Crippen molar-refractivity contribution in [3.63, 3.8) is 0 Å². The molecule has 0 heterocycles. The number of anilines is 3. The summed E-state index contributed by atoms with van der Waals surface area (Å²) in [6.45, 7) is 3.32. The first-order chi connectivity index (χ1) is 12.9. The number of amides is 2. The van der Waals surface area contributed by atoms with Crippen molar-refractivity contribution in [2.24, 2.45) is 0 Å². The Balaban J connectivity index is 2.09. The van der Waals surface area contributed by atoms with E-state index in [4.69, 9.17) is 4.74 Å². The van der Waals surface area contributed by atoms with E-state index in [9.17, 15) is 14.9 Å². The van der Waals surface area contributed by atoms with Gasteiger partial charge in [0.2, 0.25) is 5.91 Å². The molecule has 7 heteroatoms. The topological polar surface area (TPSA) is 103 Å². The van der Waals surface area contributed by atoms with Crippen molar-refractivity contribution in [2.45, 2.75) is 13.8 Å². The third-order valence-electron chi connectivity index (χ3n) is 3.56. The van der Waals surface area contributed by atoms with Gasteiger partial charge in [-0.25, -0.2) is 0 Å². The third-order valence-corrected chi connectivity index (χ3v) is 3.56. The quantitative estimate of drug-likeness (QED) is 0.538. The van der Waals surface area contributed by atoms with E-state index in [0.29, 0.717) is 22.8 Å². The van der Waals surface area contributed by atoms with Gasteiger partial charge >= 0.3 is 0 Å². The molecule has 0 aliphatic heterocycles. The maximum absolute atomic E-state index is 12.4. The fraction of sp³-hybridized carbons (Fsp3) is 0.150. The summed E-state index contributed by atoms with van der Waals surface area (Å²) < 4.78 is 5.22. The molecule has 2 rings (SSSR count). The second-order valence-corrected chi connectivity index (χ2v) is 5.73. The number of rotatable bonds is 6. The van der Waals surface area contributed by atoms with E-state index in [1.807, 2.05) is 19.1 Å². The van der Waals surface area contributed by atoms with Gasteiger partial charge in [-0.2, -0.15) is 5.26 Å². The number of nitrogens with one attached hydrogen (secondary N) is 3. The molecular weight excluding hydrogens is 344 g/mol. The Kier molecular flexibility index (Phi) is 6.55. The zero-order valence-electron chi connectivity index (χ0n) is 15.3. The molecule has 0 aliphatic rings. The molecule has 0 spiro atoms. The van der Waals surface area contributed by atoms with Crippen LogP contribution in [0.25, 0.3) is 0 Å². The minimum atomic E-state index is -0.552. The van der Waals surface area contributed by atoms with Crippen LogP contribution in [0.4, 0.5) is 17.1 Å². The Labute approximate surface area is 157 Å². The second-order valence-electron chi connectivity index (χ2n) is 5.73. The number of benzene rings is 2. The zero-order chi connectivity index (χ0) is 19.8. The normalized spacial score (nSPS) is 10.5. The fourth-order valence-corrected chi connectivity index (χ4v) is 2.27. The number of hydrogen-bond donors (Lipinski definition) is 3. The molecule has 7 nitrogen and oxygen atoms in total. The molecule has 0 aromatic heterocycles. The van der Waals surface area contributed by atoms with E-state index in [1.165, 1.54) is 20.2 Å². The Morgan fingerprint density at radius 1 is 1.07 bits per heavy atom. The fourth-order valence-electron chi connectivity index (χ4n) is 2.27. The Morgan fingerprint density at radius 3 is 2.33 bits per heavy atom. The van der Waals surface area contributed by atoms with Crippen LogP contribution in [0, 0.1) is 18.3 Å². The monoisotopic (exact) mass is 364 g/mol. The highest BCUT2D eigenvalue weighted by Crippen LogP contribution is 2.25. The molecule has 3 N–H and O–H groups in total. The lowest BCUT2D eigenvalue weighted by molar-refractivity contribution is -0.114. The Hall–Kier alpha value is -3.79. The summed E-state index contributed by atoms with van der Waals surface area (Å²) >= 11 is 0. The smallest absolute Gasteiger partial charge is 0.267 e. The largest absolute Gasteiger partial charge is 0.495 e. The number of ether oxygens (including phenoxy) is 1.